The van der Waals surface area contributed by atoms with Gasteiger partial charge in [0.05, 0.1) is 29.8 Å². The van der Waals surface area contributed by atoms with E-state index in [4.69, 9.17) is 9.47 Å². The number of nitro benzene ring substituents is 1. The fraction of sp³-hybridized carbons (Fsp3) is 0.182. The topological polar surface area (TPSA) is 119 Å². The van der Waals surface area contributed by atoms with Gasteiger partial charge in [-0.05, 0) is 38.1 Å². The van der Waals surface area contributed by atoms with E-state index >= 15 is 0 Å². The second-order valence-corrected chi connectivity index (χ2v) is 6.55. The number of carbonyl (C=O) groups excluding carboxylic acids is 2. The predicted molar refractivity (Wildman–Crippen MR) is 113 cm³/mol. The smallest absolute Gasteiger partial charge is 0.340 e. The Morgan fingerprint density at radius 3 is 2.48 bits per heavy atom. The van der Waals surface area contributed by atoms with Crippen LogP contribution in [-0.4, -0.2) is 35.6 Å². The maximum absolute atomic E-state index is 13.3. The zero-order valence-electron chi connectivity index (χ0n) is 17.1. The molecular weight excluding hydrogens is 404 g/mol. The Bertz CT molecular complexity index is 1120. The largest absolute Gasteiger partial charge is 0.504 e. The highest BCUT2D eigenvalue weighted by atomic mass is 16.6. The lowest BCUT2D eigenvalue weighted by Crippen LogP contribution is -2.24. The lowest BCUT2D eigenvalue weighted by atomic mass is 10.0. The normalized spacial score (nSPS) is 14.9. The van der Waals surface area contributed by atoms with Crippen molar-refractivity contribution in [1.82, 2.24) is 0 Å². The zero-order valence-corrected chi connectivity index (χ0v) is 17.1. The summed E-state index contributed by atoms with van der Waals surface area (Å²) in [4.78, 5) is 37.4. The molecular formula is C22H20N2O7. The molecule has 9 heteroatoms. The summed E-state index contributed by atoms with van der Waals surface area (Å²) in [6, 6.07) is 10.2. The maximum atomic E-state index is 13.3. The Kier molecular flexibility index (Phi) is 6.05. The van der Waals surface area contributed by atoms with Crippen molar-refractivity contribution in [1.29, 1.82) is 0 Å². The minimum atomic E-state index is -0.720. The highest BCUT2D eigenvalue weighted by molar-refractivity contribution is 6.24. The van der Waals surface area contributed by atoms with Gasteiger partial charge in [-0.15, -0.1) is 0 Å². The highest BCUT2D eigenvalue weighted by Crippen LogP contribution is 2.38. The molecule has 160 valence electrons. The summed E-state index contributed by atoms with van der Waals surface area (Å²) >= 11 is 0. The van der Waals surface area contributed by atoms with E-state index in [0.29, 0.717) is 18.0 Å². The molecule has 0 aromatic heterocycles. The predicted octanol–water partition coefficient (Wildman–Crippen LogP) is 3.58. The number of hydrogen-bond donors (Lipinski definition) is 1. The van der Waals surface area contributed by atoms with Crippen molar-refractivity contribution in [3.63, 3.8) is 0 Å². The first kappa shape index (κ1) is 21.6. The van der Waals surface area contributed by atoms with Crippen molar-refractivity contribution in [3.8, 4) is 11.5 Å². The number of carbonyl (C=O) groups is 2. The monoisotopic (exact) mass is 424 g/mol. The van der Waals surface area contributed by atoms with Crippen molar-refractivity contribution >= 4 is 29.3 Å². The number of nitro groups is 1. The van der Waals surface area contributed by atoms with Crippen molar-refractivity contribution in [2.24, 2.45) is 0 Å². The summed E-state index contributed by atoms with van der Waals surface area (Å²) < 4.78 is 10.2. The molecule has 31 heavy (non-hydrogen) atoms. The van der Waals surface area contributed by atoms with Gasteiger partial charge in [0.2, 0.25) is 0 Å². The zero-order chi connectivity index (χ0) is 22.7. The first-order valence-electron chi connectivity index (χ1n) is 9.35. The Balaban J connectivity index is 2.12. The number of non-ortho nitro benzene ring substituents is 1. The molecule has 0 saturated carbocycles. The van der Waals surface area contributed by atoms with E-state index in [2.05, 4.69) is 0 Å². The van der Waals surface area contributed by atoms with Crippen LogP contribution in [-0.2, 0) is 14.3 Å². The van der Waals surface area contributed by atoms with E-state index in [0.717, 1.165) is 0 Å². The third-order valence-corrected chi connectivity index (χ3v) is 4.74. The van der Waals surface area contributed by atoms with Crippen LogP contribution in [0.2, 0.25) is 0 Å². The van der Waals surface area contributed by atoms with Crippen molar-refractivity contribution < 1.29 is 29.1 Å². The number of rotatable bonds is 6. The Hall–Kier alpha value is -4.14. The molecule has 9 nitrogen and oxygen atoms in total. The summed E-state index contributed by atoms with van der Waals surface area (Å²) in [5.74, 6) is -1.18. The van der Waals surface area contributed by atoms with Crippen molar-refractivity contribution in [3.05, 3.63) is 75.0 Å². The number of phenolic OH excluding ortho intramolecular Hbond substituents is 1. The van der Waals surface area contributed by atoms with Gasteiger partial charge in [-0.3, -0.25) is 19.8 Å². The second kappa shape index (κ2) is 8.70. The van der Waals surface area contributed by atoms with Crippen LogP contribution < -0.4 is 9.64 Å². The highest BCUT2D eigenvalue weighted by Gasteiger charge is 2.38. The number of ether oxygens (including phenoxy) is 2. The Morgan fingerprint density at radius 1 is 1.23 bits per heavy atom. The van der Waals surface area contributed by atoms with E-state index in [1.807, 2.05) is 0 Å². The molecule has 1 heterocycles. The molecule has 0 atom stereocenters. The number of aromatic hydroxyl groups is 1. The van der Waals surface area contributed by atoms with Crippen molar-refractivity contribution in [2.75, 3.05) is 18.6 Å². The second-order valence-electron chi connectivity index (χ2n) is 6.55. The number of nitrogens with zero attached hydrogens (tertiary/aromatic N) is 2. The van der Waals surface area contributed by atoms with E-state index in [9.17, 15) is 24.8 Å². The number of methoxy groups -OCH3 is 1. The van der Waals surface area contributed by atoms with Crippen molar-refractivity contribution in [2.45, 2.75) is 13.8 Å². The van der Waals surface area contributed by atoms with Gasteiger partial charge in [-0.1, -0.05) is 12.1 Å². The first-order valence-corrected chi connectivity index (χ1v) is 9.35. The fourth-order valence-corrected chi connectivity index (χ4v) is 3.30. The number of para-hydroxylation sites is 1. The van der Waals surface area contributed by atoms with E-state index in [1.54, 1.807) is 32.0 Å². The molecule has 0 unspecified atom stereocenters. The average Bonchev–Trinajstić information content (AvgIpc) is 3.00. The van der Waals surface area contributed by atoms with Crippen LogP contribution in [0.15, 0.2) is 59.3 Å². The summed E-state index contributed by atoms with van der Waals surface area (Å²) in [5.41, 5.74) is 0.869. The number of amides is 1. The third-order valence-electron chi connectivity index (χ3n) is 4.74. The van der Waals surface area contributed by atoms with Crippen LogP contribution in [0.4, 0.5) is 11.4 Å². The lowest BCUT2D eigenvalue weighted by molar-refractivity contribution is -0.384. The molecule has 0 saturated heterocycles. The van der Waals surface area contributed by atoms with Crippen LogP contribution in [0.5, 0.6) is 11.5 Å². The van der Waals surface area contributed by atoms with Crippen LogP contribution in [0.3, 0.4) is 0 Å². The first-order chi connectivity index (χ1) is 14.8. The van der Waals surface area contributed by atoms with Gasteiger partial charge in [0.1, 0.15) is 0 Å². The molecule has 0 aliphatic carbocycles. The van der Waals surface area contributed by atoms with Gasteiger partial charge in [0.15, 0.2) is 11.5 Å². The van der Waals surface area contributed by atoms with Crippen LogP contribution >= 0.6 is 0 Å². The number of phenols is 1. The lowest BCUT2D eigenvalue weighted by Gasteiger charge is -2.17. The number of esters is 1. The third kappa shape index (κ3) is 3.97. The summed E-state index contributed by atoms with van der Waals surface area (Å²) in [6.07, 6.45) is 1.39. The number of anilines is 1. The molecule has 0 radical (unpaired) electrons. The molecule has 0 spiro atoms. The minimum Gasteiger partial charge on any atom is -0.504 e. The SMILES string of the molecule is CCOc1cccc(/C=C2\C(=O)N(c3ccc([N+](=O)[O-])cc3)C(C)=C2C(=O)OC)c1O. The fourth-order valence-electron chi connectivity index (χ4n) is 3.30. The van der Waals surface area contributed by atoms with Gasteiger partial charge >= 0.3 is 5.97 Å². The molecule has 3 rings (SSSR count). The summed E-state index contributed by atoms with van der Waals surface area (Å²) in [6.45, 7) is 3.68. The Morgan fingerprint density at radius 2 is 1.90 bits per heavy atom. The van der Waals surface area contributed by atoms with Crippen LogP contribution in [0.25, 0.3) is 6.08 Å². The van der Waals surface area contributed by atoms with E-state index in [-0.39, 0.29) is 33.9 Å². The van der Waals surface area contributed by atoms with Gasteiger partial charge in [-0.25, -0.2) is 4.79 Å². The number of hydrogen-bond acceptors (Lipinski definition) is 7. The number of benzene rings is 2. The molecule has 0 bridgehead atoms. The molecule has 1 aliphatic rings. The molecule has 2 aromatic carbocycles. The molecule has 1 N–H and O–H groups in total. The maximum Gasteiger partial charge on any atom is 0.340 e. The summed E-state index contributed by atoms with van der Waals surface area (Å²) in [7, 11) is 1.20. The van der Waals surface area contributed by atoms with E-state index < -0.39 is 16.8 Å². The van der Waals surface area contributed by atoms with Gasteiger partial charge in [0, 0.05) is 29.1 Å². The summed E-state index contributed by atoms with van der Waals surface area (Å²) in [5, 5.41) is 21.4. The molecule has 1 aliphatic heterocycles. The molecule has 2 aromatic rings. The number of allylic oxidation sites excluding steroid dienone is 1. The Labute approximate surface area is 178 Å². The van der Waals surface area contributed by atoms with Crippen LogP contribution in [0, 0.1) is 10.1 Å². The standard InChI is InChI=1S/C22H20N2O7/c1-4-31-18-7-5-6-14(20(18)25)12-17-19(22(27)30-3)13(2)23(21(17)26)15-8-10-16(11-9-15)24(28)29/h5-12,25H,4H2,1-3H3/b17-12-. The van der Waals surface area contributed by atoms with Gasteiger partial charge in [-0.2, -0.15) is 0 Å². The van der Waals surface area contributed by atoms with Gasteiger partial charge < -0.3 is 14.6 Å². The van der Waals surface area contributed by atoms with Gasteiger partial charge in [0.25, 0.3) is 11.6 Å². The van der Waals surface area contributed by atoms with Crippen LogP contribution in [0.1, 0.15) is 19.4 Å². The quantitative estimate of drug-likeness (QED) is 0.326. The van der Waals surface area contributed by atoms with E-state index in [1.165, 1.54) is 42.4 Å². The molecule has 0 fully saturated rings. The average molecular weight is 424 g/mol. The minimum absolute atomic E-state index is 0.0200. The molecule has 1 amide bonds.